The predicted molar refractivity (Wildman–Crippen MR) is 37.8 cm³/mol. The number of ether oxygens (including phenoxy) is 1. The van der Waals surface area contributed by atoms with Gasteiger partial charge in [-0.3, -0.25) is 0 Å². The lowest BCUT2D eigenvalue weighted by molar-refractivity contribution is -0.114. The Labute approximate surface area is 66.3 Å². The number of rotatable bonds is 0. The van der Waals surface area contributed by atoms with Gasteiger partial charge in [-0.15, -0.1) is 0 Å². The first-order chi connectivity index (χ1) is 4.01. The molecule has 4 nitrogen and oxygen atoms in total. The zero-order valence-corrected chi connectivity index (χ0v) is 6.95. The van der Waals surface area contributed by atoms with Gasteiger partial charge in [0.2, 0.25) is 5.79 Å². The van der Waals surface area contributed by atoms with Crippen molar-refractivity contribution in [3.8, 4) is 0 Å². The minimum absolute atomic E-state index is 0.229. The summed E-state index contributed by atoms with van der Waals surface area (Å²) in [7, 11) is 0. The van der Waals surface area contributed by atoms with E-state index in [0.29, 0.717) is 0 Å². The van der Waals surface area contributed by atoms with Gasteiger partial charge in [0.05, 0.1) is 29.4 Å². The maximum absolute atomic E-state index is 10.5. The Bertz CT molecular complexity index is 147. The largest absolute Gasteiger partial charge is 0.421 e. The van der Waals surface area contributed by atoms with Gasteiger partial charge in [-0.25, -0.2) is 7.91 Å². The summed E-state index contributed by atoms with van der Waals surface area (Å²) in [6.07, 6.45) is -0.486. The van der Waals surface area contributed by atoms with E-state index in [0.717, 1.165) is 0 Å². The molecule has 0 aromatic heterocycles. The molecule has 1 heterocycles. The molecule has 0 radical (unpaired) electrons. The van der Waals surface area contributed by atoms with Gasteiger partial charge < -0.3 is 9.84 Å². The van der Waals surface area contributed by atoms with Crippen LogP contribution in [0.15, 0.2) is 0 Å². The van der Waals surface area contributed by atoms with Crippen LogP contribution < -0.4 is 0 Å². The summed E-state index contributed by atoms with van der Waals surface area (Å²) >= 11 is 1.78. The Balaban J connectivity index is 2.65. The maximum atomic E-state index is 10.5. The standard InChI is InChI=1S/C4H6INO3/c1-4(8)2-6(5)3(7)9-4/h8H,2H2,1H3. The topological polar surface area (TPSA) is 49.8 Å². The second-order valence-electron chi connectivity index (χ2n) is 2.06. The summed E-state index contributed by atoms with van der Waals surface area (Å²) < 4.78 is 5.79. The zero-order valence-electron chi connectivity index (χ0n) is 4.80. The number of carbonyl (C=O) groups is 1. The molecule has 1 fully saturated rings. The quantitative estimate of drug-likeness (QED) is 0.497. The van der Waals surface area contributed by atoms with E-state index in [1.807, 2.05) is 0 Å². The first kappa shape index (κ1) is 7.07. The van der Waals surface area contributed by atoms with E-state index in [9.17, 15) is 4.79 Å². The molecule has 1 atom stereocenters. The van der Waals surface area contributed by atoms with Crippen LogP contribution in [0.3, 0.4) is 0 Å². The number of hydrogen-bond donors (Lipinski definition) is 1. The van der Waals surface area contributed by atoms with Gasteiger partial charge in [0.15, 0.2) is 0 Å². The number of amides is 1. The minimum atomic E-state index is -1.29. The van der Waals surface area contributed by atoms with Gasteiger partial charge in [-0.1, -0.05) is 0 Å². The Morgan fingerprint density at radius 2 is 2.56 bits per heavy atom. The van der Waals surface area contributed by atoms with Crippen LogP contribution in [0, 0.1) is 0 Å². The fraction of sp³-hybridized carbons (Fsp3) is 0.750. The lowest BCUT2D eigenvalue weighted by atomic mass is 10.3. The van der Waals surface area contributed by atoms with Crippen LogP contribution >= 0.6 is 22.9 Å². The van der Waals surface area contributed by atoms with E-state index < -0.39 is 11.9 Å². The van der Waals surface area contributed by atoms with Crippen molar-refractivity contribution in [2.24, 2.45) is 0 Å². The SMILES string of the molecule is CC1(O)CN(I)C(=O)O1. The number of nitrogens with zero attached hydrogens (tertiary/aromatic N) is 1. The number of halogens is 1. The average Bonchev–Trinajstić information content (AvgIpc) is 1.79. The van der Waals surface area contributed by atoms with Gasteiger partial charge in [-0.2, -0.15) is 0 Å². The van der Waals surface area contributed by atoms with Gasteiger partial charge in [-0.05, 0) is 0 Å². The number of aliphatic hydroxyl groups is 1. The molecule has 1 rings (SSSR count). The van der Waals surface area contributed by atoms with E-state index in [-0.39, 0.29) is 6.54 Å². The number of hydrogen-bond acceptors (Lipinski definition) is 3. The molecule has 0 saturated carbocycles. The average molecular weight is 243 g/mol. The molecule has 1 aliphatic heterocycles. The number of carbonyl (C=O) groups excluding carboxylic acids is 1. The molecule has 0 aliphatic carbocycles. The third-order valence-corrected chi connectivity index (χ3v) is 1.67. The third kappa shape index (κ3) is 1.45. The van der Waals surface area contributed by atoms with Crippen molar-refractivity contribution in [3.63, 3.8) is 0 Å². The van der Waals surface area contributed by atoms with Gasteiger partial charge in [0, 0.05) is 6.92 Å². The van der Waals surface area contributed by atoms with Crippen molar-refractivity contribution >= 4 is 29.0 Å². The molecule has 5 heteroatoms. The van der Waals surface area contributed by atoms with E-state index >= 15 is 0 Å². The first-order valence-corrected chi connectivity index (χ1v) is 3.36. The van der Waals surface area contributed by atoms with Crippen molar-refractivity contribution in [3.05, 3.63) is 0 Å². The number of cyclic esters (lactones) is 1. The van der Waals surface area contributed by atoms with Crippen molar-refractivity contribution in [1.82, 2.24) is 3.11 Å². The second kappa shape index (κ2) is 1.98. The molecular formula is C4H6INO3. The highest BCUT2D eigenvalue weighted by Crippen LogP contribution is 2.21. The summed E-state index contributed by atoms with van der Waals surface area (Å²) in [4.78, 5) is 10.5. The monoisotopic (exact) mass is 243 g/mol. The predicted octanol–water partition coefficient (Wildman–Crippen LogP) is 0.497. The number of β-amino-alcohol motifs (C(OH)–C–C–N with tert-alkyl or cyclic N) is 1. The van der Waals surface area contributed by atoms with Crippen molar-refractivity contribution < 1.29 is 14.6 Å². The van der Waals surface area contributed by atoms with E-state index in [4.69, 9.17) is 5.11 Å². The van der Waals surface area contributed by atoms with Crippen LogP contribution in [0.4, 0.5) is 4.79 Å². The smallest absolute Gasteiger partial charge is 0.415 e. The molecule has 0 aromatic rings. The van der Waals surface area contributed by atoms with E-state index in [2.05, 4.69) is 4.74 Å². The van der Waals surface area contributed by atoms with Gasteiger partial charge in [0.1, 0.15) is 0 Å². The summed E-state index contributed by atoms with van der Waals surface area (Å²) in [5, 5.41) is 9.05. The van der Waals surface area contributed by atoms with Crippen LogP contribution in [0.2, 0.25) is 0 Å². The second-order valence-corrected chi connectivity index (χ2v) is 3.23. The Morgan fingerprint density at radius 1 is 2.00 bits per heavy atom. The van der Waals surface area contributed by atoms with Crippen LogP contribution in [-0.2, 0) is 4.74 Å². The molecule has 0 spiro atoms. The van der Waals surface area contributed by atoms with Crippen molar-refractivity contribution in [2.45, 2.75) is 12.7 Å². The molecule has 1 aliphatic rings. The maximum Gasteiger partial charge on any atom is 0.421 e. The van der Waals surface area contributed by atoms with E-state index in [1.54, 1.807) is 22.9 Å². The Morgan fingerprint density at radius 3 is 2.67 bits per heavy atom. The zero-order chi connectivity index (χ0) is 7.07. The fourth-order valence-corrected chi connectivity index (χ4v) is 1.32. The van der Waals surface area contributed by atoms with Crippen molar-refractivity contribution in [1.29, 1.82) is 0 Å². The summed E-state index contributed by atoms with van der Waals surface area (Å²) in [5.41, 5.74) is 0. The summed E-state index contributed by atoms with van der Waals surface area (Å²) in [5.74, 6) is -1.29. The Hall–Kier alpha value is -0.0400. The molecule has 0 aromatic carbocycles. The van der Waals surface area contributed by atoms with Crippen LogP contribution in [0.25, 0.3) is 0 Å². The normalized spacial score (nSPS) is 35.0. The lowest BCUT2D eigenvalue weighted by Crippen LogP contribution is -2.27. The van der Waals surface area contributed by atoms with Crippen LogP contribution in [-0.4, -0.2) is 26.6 Å². The van der Waals surface area contributed by atoms with Crippen LogP contribution in [0.5, 0.6) is 0 Å². The first-order valence-electron chi connectivity index (χ1n) is 2.40. The molecule has 0 bridgehead atoms. The molecule has 1 amide bonds. The van der Waals surface area contributed by atoms with E-state index in [1.165, 1.54) is 10.0 Å². The highest BCUT2D eigenvalue weighted by Gasteiger charge is 2.38. The van der Waals surface area contributed by atoms with Gasteiger partial charge in [0.25, 0.3) is 0 Å². The highest BCUT2D eigenvalue weighted by molar-refractivity contribution is 14.1. The van der Waals surface area contributed by atoms with Crippen molar-refractivity contribution in [2.75, 3.05) is 6.54 Å². The Kier molecular flexibility index (Phi) is 1.55. The minimum Gasteiger partial charge on any atom is -0.415 e. The molecule has 1 saturated heterocycles. The molecule has 1 N–H and O–H groups in total. The third-order valence-electron chi connectivity index (χ3n) is 0.937. The molecular weight excluding hydrogens is 237 g/mol. The molecule has 52 valence electrons. The summed E-state index contributed by atoms with van der Waals surface area (Å²) in [6.45, 7) is 1.68. The van der Waals surface area contributed by atoms with Crippen LogP contribution in [0.1, 0.15) is 6.92 Å². The molecule has 1 unspecified atom stereocenters. The molecule has 9 heavy (non-hydrogen) atoms. The fourth-order valence-electron chi connectivity index (χ4n) is 0.592. The highest BCUT2D eigenvalue weighted by atomic mass is 127. The summed E-state index contributed by atoms with van der Waals surface area (Å²) in [6, 6.07) is 0. The van der Waals surface area contributed by atoms with Gasteiger partial charge >= 0.3 is 6.09 Å². The lowest BCUT2D eigenvalue weighted by Gasteiger charge is -2.10.